The molecule has 1 aliphatic heterocycles. The van der Waals surface area contributed by atoms with E-state index in [9.17, 15) is 13.2 Å². The molecule has 0 saturated carbocycles. The van der Waals surface area contributed by atoms with E-state index in [1.54, 1.807) is 0 Å². The van der Waals surface area contributed by atoms with Gasteiger partial charge in [0.05, 0.1) is 12.6 Å². The molecule has 0 N–H and O–H groups in total. The number of aryl methyl sites for hydroxylation is 1. The minimum Gasteiger partial charge on any atom is -0.465 e. The van der Waals surface area contributed by atoms with Gasteiger partial charge in [-0.05, 0) is 54.8 Å². The summed E-state index contributed by atoms with van der Waals surface area (Å²) in [6.07, 6.45) is -2.47. The van der Waals surface area contributed by atoms with Crippen LogP contribution in [-0.2, 0) is 13.1 Å². The van der Waals surface area contributed by atoms with Crippen LogP contribution in [-0.4, -0.2) is 37.8 Å². The Morgan fingerprint density at radius 3 is 2.79 bits per heavy atom. The number of aromatic nitrogens is 4. The van der Waals surface area contributed by atoms with Gasteiger partial charge in [-0.3, -0.25) is 4.90 Å². The Labute approximate surface area is 137 Å². The Morgan fingerprint density at radius 1 is 1.33 bits per heavy atom. The number of furan rings is 1. The molecule has 2 aromatic heterocycles. The summed E-state index contributed by atoms with van der Waals surface area (Å²) in [5.74, 6) is 2.41. The first-order valence-electron chi connectivity index (χ1n) is 7.94. The largest absolute Gasteiger partial charge is 0.465 e. The van der Waals surface area contributed by atoms with E-state index < -0.39 is 12.7 Å². The van der Waals surface area contributed by atoms with E-state index in [1.165, 1.54) is 0 Å². The minimum absolute atomic E-state index is 0.0264. The number of piperidine rings is 1. The van der Waals surface area contributed by atoms with Crippen molar-refractivity contribution in [2.24, 2.45) is 5.92 Å². The molecule has 6 nitrogen and oxygen atoms in total. The van der Waals surface area contributed by atoms with E-state index in [1.807, 2.05) is 19.1 Å². The van der Waals surface area contributed by atoms with Crippen LogP contribution >= 0.6 is 0 Å². The molecule has 0 amide bonds. The summed E-state index contributed by atoms with van der Waals surface area (Å²) in [6, 6.07) is 3.86. The third-order valence-corrected chi connectivity index (χ3v) is 4.34. The van der Waals surface area contributed by atoms with Crippen molar-refractivity contribution in [3.63, 3.8) is 0 Å². The second kappa shape index (κ2) is 6.54. The maximum atomic E-state index is 12.6. The second-order valence-corrected chi connectivity index (χ2v) is 6.43. The molecule has 1 aliphatic rings. The summed E-state index contributed by atoms with van der Waals surface area (Å²) >= 11 is 0. The lowest BCUT2D eigenvalue weighted by molar-refractivity contribution is -0.143. The van der Waals surface area contributed by atoms with Crippen LogP contribution < -0.4 is 0 Å². The number of nitrogens with zero attached hydrogens (tertiary/aromatic N) is 5. The topological polar surface area (TPSA) is 60.0 Å². The second-order valence-electron chi connectivity index (χ2n) is 6.43. The summed E-state index contributed by atoms with van der Waals surface area (Å²) in [7, 11) is 0. The number of rotatable bonds is 4. The number of halogens is 3. The Morgan fingerprint density at radius 2 is 2.12 bits per heavy atom. The van der Waals surface area contributed by atoms with Gasteiger partial charge in [0.25, 0.3) is 0 Å². The van der Waals surface area contributed by atoms with E-state index in [4.69, 9.17) is 4.42 Å². The van der Waals surface area contributed by atoms with E-state index in [-0.39, 0.29) is 18.4 Å². The van der Waals surface area contributed by atoms with Crippen molar-refractivity contribution in [1.82, 2.24) is 25.1 Å². The highest BCUT2D eigenvalue weighted by Crippen LogP contribution is 2.35. The third kappa shape index (κ3) is 3.95. The first-order chi connectivity index (χ1) is 11.3. The molecule has 0 spiro atoms. The molecular formula is C15H20F3N5O. The van der Waals surface area contributed by atoms with Gasteiger partial charge in [-0.1, -0.05) is 6.92 Å². The zero-order valence-corrected chi connectivity index (χ0v) is 13.6. The fourth-order valence-corrected chi connectivity index (χ4v) is 3.12. The maximum Gasteiger partial charge on any atom is 0.408 e. The van der Waals surface area contributed by atoms with Gasteiger partial charge in [0, 0.05) is 0 Å². The molecule has 0 unspecified atom stereocenters. The standard InChI is InChI=1S/C15H20F3N5O/c1-10-5-6-22(12(7-10)13-4-3-11(2)24-13)8-14-19-20-21-23(14)9-15(16,17)18/h3-4,10,12H,5-9H2,1-2H3/t10-,12+/m1/s1. The number of alkyl halides is 3. The van der Waals surface area contributed by atoms with E-state index in [0.29, 0.717) is 5.92 Å². The fraction of sp³-hybridized carbons (Fsp3) is 0.667. The lowest BCUT2D eigenvalue weighted by Gasteiger charge is -2.37. The van der Waals surface area contributed by atoms with Crippen molar-refractivity contribution in [2.45, 2.75) is 52.0 Å². The van der Waals surface area contributed by atoms with Crippen molar-refractivity contribution in [3.8, 4) is 0 Å². The number of hydrogen-bond donors (Lipinski definition) is 0. The molecule has 24 heavy (non-hydrogen) atoms. The van der Waals surface area contributed by atoms with Gasteiger partial charge in [0.2, 0.25) is 0 Å². The molecule has 2 aromatic rings. The lowest BCUT2D eigenvalue weighted by Crippen LogP contribution is -2.36. The SMILES string of the molecule is Cc1ccc([C@@H]2C[C@H](C)CCN2Cc2nnnn2CC(F)(F)F)o1. The summed E-state index contributed by atoms with van der Waals surface area (Å²) < 4.78 is 44.5. The first kappa shape index (κ1) is 16.9. The monoisotopic (exact) mass is 343 g/mol. The highest BCUT2D eigenvalue weighted by Gasteiger charge is 2.33. The van der Waals surface area contributed by atoms with Gasteiger partial charge >= 0.3 is 6.18 Å². The zero-order chi connectivity index (χ0) is 17.3. The fourth-order valence-electron chi connectivity index (χ4n) is 3.12. The molecule has 3 rings (SSSR count). The molecule has 2 atom stereocenters. The predicted octanol–water partition coefficient (Wildman–Crippen LogP) is 3.11. The van der Waals surface area contributed by atoms with Crippen LogP contribution in [0.1, 0.15) is 43.2 Å². The van der Waals surface area contributed by atoms with Crippen molar-refractivity contribution >= 4 is 0 Å². The lowest BCUT2D eigenvalue weighted by atomic mass is 9.91. The quantitative estimate of drug-likeness (QED) is 0.854. The number of tetrazole rings is 1. The van der Waals surface area contributed by atoms with Crippen LogP contribution in [0.15, 0.2) is 16.5 Å². The zero-order valence-electron chi connectivity index (χ0n) is 13.6. The Kier molecular flexibility index (Phi) is 4.62. The first-order valence-corrected chi connectivity index (χ1v) is 7.94. The highest BCUT2D eigenvalue weighted by atomic mass is 19.4. The van der Waals surface area contributed by atoms with Crippen molar-refractivity contribution in [3.05, 3.63) is 29.5 Å². The van der Waals surface area contributed by atoms with Crippen LogP contribution in [0.4, 0.5) is 13.2 Å². The smallest absolute Gasteiger partial charge is 0.408 e. The van der Waals surface area contributed by atoms with E-state index >= 15 is 0 Å². The van der Waals surface area contributed by atoms with Crippen molar-refractivity contribution in [1.29, 1.82) is 0 Å². The average molecular weight is 343 g/mol. The number of hydrogen-bond acceptors (Lipinski definition) is 5. The summed E-state index contributed by atoms with van der Waals surface area (Å²) in [5.41, 5.74) is 0. The van der Waals surface area contributed by atoms with Crippen LogP contribution in [0.5, 0.6) is 0 Å². The summed E-state index contributed by atoms with van der Waals surface area (Å²) in [4.78, 5) is 2.09. The molecule has 132 valence electrons. The van der Waals surface area contributed by atoms with Crippen molar-refractivity contribution in [2.75, 3.05) is 6.54 Å². The molecule has 1 fully saturated rings. The molecule has 0 radical (unpaired) electrons. The van der Waals surface area contributed by atoms with Gasteiger partial charge in [0.1, 0.15) is 18.1 Å². The molecule has 3 heterocycles. The molecule has 1 saturated heterocycles. The molecule has 0 bridgehead atoms. The summed E-state index contributed by atoms with van der Waals surface area (Å²) in [6.45, 7) is 3.91. The molecule has 9 heteroatoms. The summed E-state index contributed by atoms with van der Waals surface area (Å²) in [5, 5.41) is 10.6. The third-order valence-electron chi connectivity index (χ3n) is 4.34. The van der Waals surface area contributed by atoms with Crippen molar-refractivity contribution < 1.29 is 17.6 Å². The Bertz CT molecular complexity index is 681. The number of likely N-dealkylation sites (tertiary alicyclic amines) is 1. The molecular weight excluding hydrogens is 323 g/mol. The van der Waals surface area contributed by atoms with Gasteiger partial charge in [-0.15, -0.1) is 5.10 Å². The van der Waals surface area contributed by atoms with Crippen LogP contribution in [0.25, 0.3) is 0 Å². The molecule has 0 aliphatic carbocycles. The Balaban J connectivity index is 1.79. The maximum absolute atomic E-state index is 12.6. The molecule has 0 aromatic carbocycles. The Hall–Kier alpha value is -1.90. The van der Waals surface area contributed by atoms with Gasteiger partial charge in [-0.25, -0.2) is 4.68 Å². The van der Waals surface area contributed by atoms with Gasteiger partial charge in [-0.2, -0.15) is 13.2 Å². The van der Waals surface area contributed by atoms with Crippen LogP contribution in [0.3, 0.4) is 0 Å². The van der Waals surface area contributed by atoms with Crippen LogP contribution in [0, 0.1) is 12.8 Å². The van der Waals surface area contributed by atoms with Crippen LogP contribution in [0.2, 0.25) is 0 Å². The predicted molar refractivity (Wildman–Crippen MR) is 78.9 cm³/mol. The van der Waals surface area contributed by atoms with E-state index in [0.717, 1.165) is 35.6 Å². The van der Waals surface area contributed by atoms with Gasteiger partial charge in [0.15, 0.2) is 5.82 Å². The van der Waals surface area contributed by atoms with E-state index in [2.05, 4.69) is 27.3 Å². The highest BCUT2D eigenvalue weighted by molar-refractivity contribution is 5.11. The minimum atomic E-state index is -4.35. The van der Waals surface area contributed by atoms with Gasteiger partial charge < -0.3 is 4.42 Å². The average Bonchev–Trinajstić information content (AvgIpc) is 3.09. The normalized spacial score (nSPS) is 22.9.